The Morgan fingerprint density at radius 2 is 1.49 bits per heavy atom. The molecule has 0 aromatic carbocycles. The maximum Gasteiger partial charge on any atom is 0.302 e. The van der Waals surface area contributed by atoms with E-state index in [1.165, 1.54) is 39.0 Å². The Bertz CT molecular complexity index is 1070. The third-order valence-corrected chi connectivity index (χ3v) is 14.5. The molecular formula is C35H57NO5. The minimum Gasteiger partial charge on any atom is -0.465 e. The number of carbonyl (C=O) groups excluding carboxylic acids is 3. The van der Waals surface area contributed by atoms with Crippen LogP contribution in [0.5, 0.6) is 0 Å². The predicted molar refractivity (Wildman–Crippen MR) is 160 cm³/mol. The van der Waals surface area contributed by atoms with Gasteiger partial charge in [0.2, 0.25) is 5.91 Å². The molecule has 0 aromatic rings. The van der Waals surface area contributed by atoms with Gasteiger partial charge in [0, 0.05) is 37.6 Å². The molecule has 41 heavy (non-hydrogen) atoms. The van der Waals surface area contributed by atoms with Crippen LogP contribution in [0.4, 0.5) is 0 Å². The van der Waals surface area contributed by atoms with E-state index in [9.17, 15) is 14.4 Å². The number of fused-ring (bicyclic) bond motifs is 7. The molecular weight excluding hydrogens is 514 g/mol. The first kappa shape index (κ1) is 30.9. The molecule has 0 radical (unpaired) electrons. The molecule has 5 fully saturated rings. The van der Waals surface area contributed by atoms with Crippen LogP contribution < -0.4 is 5.32 Å². The normalized spacial score (nSPS) is 47.0. The maximum absolute atomic E-state index is 12.1. The second-order valence-electron chi connectivity index (χ2n) is 16.5. The van der Waals surface area contributed by atoms with Crippen LogP contribution in [-0.2, 0) is 23.9 Å². The van der Waals surface area contributed by atoms with Crippen LogP contribution in [0, 0.1) is 56.7 Å². The van der Waals surface area contributed by atoms with Gasteiger partial charge in [0.15, 0.2) is 0 Å². The molecule has 0 spiro atoms. The minimum atomic E-state index is -0.182. The monoisotopic (exact) mass is 571 g/mol. The van der Waals surface area contributed by atoms with E-state index in [2.05, 4.69) is 46.9 Å². The highest BCUT2D eigenvalue weighted by Crippen LogP contribution is 2.77. The third kappa shape index (κ3) is 4.58. The Morgan fingerprint density at radius 3 is 2.12 bits per heavy atom. The summed E-state index contributed by atoms with van der Waals surface area (Å²) in [6.45, 7) is 20.0. The molecule has 0 heterocycles. The lowest BCUT2D eigenvalue weighted by Crippen LogP contribution is -2.67. The lowest BCUT2D eigenvalue weighted by Gasteiger charge is -2.73. The predicted octanol–water partition coefficient (Wildman–Crippen LogP) is 7.09. The summed E-state index contributed by atoms with van der Waals surface area (Å²) >= 11 is 0. The first-order valence-electron chi connectivity index (χ1n) is 16.6. The molecule has 6 nitrogen and oxygen atoms in total. The standard InChI is InChI=1S/C35H57NO5/c1-21(36-22(2)37)25-12-17-35(20-40-23(3)38)19-18-33(8)26(30(25)35)10-11-28-32(7)15-14-29(41-24(4)39)31(5,6)27(32)13-16-34(28,33)9/h21,25-30H,10-20H2,1-9H3,(H,36,37)/t21-,25+,26+,27+,28-,29+,30+,32-,33+,34-,35-/m0/s1. The summed E-state index contributed by atoms with van der Waals surface area (Å²) in [4.78, 5) is 36.1. The average Bonchev–Trinajstić information content (AvgIpc) is 3.24. The van der Waals surface area contributed by atoms with Crippen LogP contribution in [0.3, 0.4) is 0 Å². The van der Waals surface area contributed by atoms with Crippen LogP contribution in [0.1, 0.15) is 127 Å². The smallest absolute Gasteiger partial charge is 0.302 e. The Balaban J connectivity index is 1.50. The number of hydrogen-bond acceptors (Lipinski definition) is 5. The molecule has 0 aliphatic heterocycles. The zero-order valence-electron chi connectivity index (χ0n) is 27.4. The third-order valence-electron chi connectivity index (χ3n) is 14.5. The highest BCUT2D eigenvalue weighted by Gasteiger charge is 2.71. The molecule has 1 N–H and O–H groups in total. The zero-order valence-corrected chi connectivity index (χ0v) is 27.4. The van der Waals surface area contributed by atoms with Crippen molar-refractivity contribution >= 4 is 17.8 Å². The van der Waals surface area contributed by atoms with E-state index in [4.69, 9.17) is 9.47 Å². The molecule has 11 atom stereocenters. The van der Waals surface area contributed by atoms with E-state index >= 15 is 0 Å². The quantitative estimate of drug-likeness (QED) is 0.356. The van der Waals surface area contributed by atoms with E-state index in [1.807, 2.05) is 0 Å². The number of carbonyl (C=O) groups is 3. The molecule has 5 aliphatic carbocycles. The van der Waals surface area contributed by atoms with Crippen LogP contribution in [0.25, 0.3) is 0 Å². The van der Waals surface area contributed by atoms with Gasteiger partial charge >= 0.3 is 11.9 Å². The van der Waals surface area contributed by atoms with Crippen LogP contribution in [0.15, 0.2) is 0 Å². The average molecular weight is 572 g/mol. The van der Waals surface area contributed by atoms with Crippen molar-refractivity contribution < 1.29 is 23.9 Å². The molecule has 5 rings (SSSR count). The zero-order chi connectivity index (χ0) is 30.2. The number of nitrogens with one attached hydrogen (secondary N) is 1. The fourth-order valence-corrected chi connectivity index (χ4v) is 12.7. The summed E-state index contributed by atoms with van der Waals surface area (Å²) in [5, 5.41) is 3.26. The van der Waals surface area contributed by atoms with Gasteiger partial charge in [0.25, 0.3) is 0 Å². The van der Waals surface area contributed by atoms with Gasteiger partial charge in [-0.15, -0.1) is 0 Å². The van der Waals surface area contributed by atoms with Crippen LogP contribution in [-0.4, -0.2) is 36.6 Å². The first-order chi connectivity index (χ1) is 19.0. The molecule has 1 amide bonds. The maximum atomic E-state index is 12.1. The molecule has 232 valence electrons. The minimum absolute atomic E-state index is 0.000408. The topological polar surface area (TPSA) is 81.7 Å². The molecule has 0 bridgehead atoms. The van der Waals surface area contributed by atoms with Gasteiger partial charge in [-0.2, -0.15) is 0 Å². The fraction of sp³-hybridized carbons (Fsp3) is 0.914. The molecule has 6 heteroatoms. The summed E-state index contributed by atoms with van der Waals surface area (Å²) in [6, 6.07) is 0.121. The van der Waals surface area contributed by atoms with Crippen molar-refractivity contribution in [3.05, 3.63) is 0 Å². The molecule has 0 aromatic heterocycles. The van der Waals surface area contributed by atoms with Crippen LogP contribution >= 0.6 is 0 Å². The van der Waals surface area contributed by atoms with Crippen molar-refractivity contribution in [2.24, 2.45) is 56.7 Å². The van der Waals surface area contributed by atoms with E-state index in [0.29, 0.717) is 36.2 Å². The number of amides is 1. The molecule has 0 unspecified atom stereocenters. The Morgan fingerprint density at radius 1 is 0.780 bits per heavy atom. The summed E-state index contributed by atoms with van der Waals surface area (Å²) in [7, 11) is 0. The highest BCUT2D eigenvalue weighted by atomic mass is 16.5. The van der Waals surface area contributed by atoms with Gasteiger partial charge in [-0.1, -0.05) is 34.6 Å². The Kier molecular flexibility index (Phi) is 7.72. The highest BCUT2D eigenvalue weighted by molar-refractivity contribution is 5.73. The van der Waals surface area contributed by atoms with Gasteiger partial charge in [0.1, 0.15) is 6.10 Å². The summed E-state index contributed by atoms with van der Waals surface area (Å²) in [6.07, 6.45) is 11.4. The number of esters is 2. The van der Waals surface area contributed by atoms with Crippen molar-refractivity contribution in [2.45, 2.75) is 139 Å². The van der Waals surface area contributed by atoms with Gasteiger partial charge in [0.05, 0.1) is 6.61 Å². The summed E-state index contributed by atoms with van der Waals surface area (Å²) in [5.74, 6) is 2.30. The van der Waals surface area contributed by atoms with Gasteiger partial charge < -0.3 is 14.8 Å². The van der Waals surface area contributed by atoms with Crippen molar-refractivity contribution in [3.63, 3.8) is 0 Å². The second-order valence-corrected chi connectivity index (χ2v) is 16.5. The number of rotatable bonds is 5. The molecule has 0 saturated heterocycles. The largest absolute Gasteiger partial charge is 0.465 e. The van der Waals surface area contributed by atoms with Gasteiger partial charge in [-0.3, -0.25) is 14.4 Å². The van der Waals surface area contributed by atoms with Gasteiger partial charge in [-0.05, 0) is 117 Å². The van der Waals surface area contributed by atoms with Crippen molar-refractivity contribution in [1.29, 1.82) is 0 Å². The van der Waals surface area contributed by atoms with E-state index < -0.39 is 0 Å². The van der Waals surface area contributed by atoms with E-state index in [1.54, 1.807) is 13.8 Å². The second kappa shape index (κ2) is 10.3. The lowest BCUT2D eigenvalue weighted by atomic mass is 9.32. The van der Waals surface area contributed by atoms with E-state index in [0.717, 1.165) is 32.1 Å². The summed E-state index contributed by atoms with van der Waals surface area (Å²) in [5.41, 5.74) is 0.634. The van der Waals surface area contributed by atoms with Crippen molar-refractivity contribution in [3.8, 4) is 0 Å². The lowest BCUT2D eigenvalue weighted by molar-refractivity contribution is -0.253. The number of ether oxygens (including phenoxy) is 2. The SMILES string of the molecule is CC(=O)N[C@@H](C)[C@H]1CC[C@@]2(COC(C)=O)CC[C@]3(C)[C@H](CC[C@H]4[C@@]5(C)CC[C@@H](OC(C)=O)C(C)(C)[C@H]5CC[C@@]43C)[C@@H]12. The molecule has 5 saturated carbocycles. The van der Waals surface area contributed by atoms with Gasteiger partial charge in [-0.25, -0.2) is 0 Å². The fourth-order valence-electron chi connectivity index (χ4n) is 12.7. The van der Waals surface area contributed by atoms with Crippen molar-refractivity contribution in [1.82, 2.24) is 5.32 Å². The number of hydrogen-bond donors (Lipinski definition) is 1. The Labute approximate surface area is 248 Å². The van der Waals surface area contributed by atoms with Crippen LogP contribution in [0.2, 0.25) is 0 Å². The van der Waals surface area contributed by atoms with Crippen molar-refractivity contribution in [2.75, 3.05) is 6.61 Å². The van der Waals surface area contributed by atoms with E-state index in [-0.39, 0.29) is 57.1 Å². The first-order valence-corrected chi connectivity index (χ1v) is 16.6. The Hall–Kier alpha value is -1.59. The molecule has 5 aliphatic rings. The summed E-state index contributed by atoms with van der Waals surface area (Å²) < 4.78 is 11.7.